The van der Waals surface area contributed by atoms with E-state index in [-0.39, 0.29) is 10.3 Å². The van der Waals surface area contributed by atoms with Gasteiger partial charge in [-0.15, -0.1) is 0 Å². The summed E-state index contributed by atoms with van der Waals surface area (Å²) in [7, 11) is 0. The van der Waals surface area contributed by atoms with Crippen molar-refractivity contribution in [3.05, 3.63) is 56.3 Å². The van der Waals surface area contributed by atoms with E-state index in [0.29, 0.717) is 4.90 Å². The van der Waals surface area contributed by atoms with Gasteiger partial charge < -0.3 is 0 Å². The summed E-state index contributed by atoms with van der Waals surface area (Å²) in [5, 5.41) is 11.1. The Morgan fingerprint density at radius 2 is 2.00 bits per heavy atom. The van der Waals surface area contributed by atoms with Gasteiger partial charge in [-0.3, -0.25) is 10.1 Å². The smallest absolute Gasteiger partial charge is 0.258 e. The van der Waals surface area contributed by atoms with Crippen molar-refractivity contribution in [1.29, 1.82) is 0 Å². The first-order chi connectivity index (χ1) is 8.99. The monoisotopic (exact) mass is 338 g/mol. The van der Waals surface area contributed by atoms with Crippen LogP contribution in [0.25, 0.3) is 0 Å². The number of nitro groups is 1. The molecule has 6 heteroatoms. The largest absolute Gasteiger partial charge is 0.315 e. The van der Waals surface area contributed by atoms with E-state index in [0.717, 1.165) is 4.90 Å². The van der Waals surface area contributed by atoms with Crippen LogP contribution in [0.3, 0.4) is 0 Å². The minimum atomic E-state index is -0.416. The van der Waals surface area contributed by atoms with Crippen molar-refractivity contribution in [2.24, 2.45) is 0 Å². The second-order valence-corrected chi connectivity index (χ2v) is 5.92. The van der Waals surface area contributed by atoms with Gasteiger partial charge in [0.15, 0.2) is 4.60 Å². The normalized spacial score (nSPS) is 10.5. The molecule has 0 unspecified atom stereocenters. The summed E-state index contributed by atoms with van der Waals surface area (Å²) in [5.74, 6) is 0. The van der Waals surface area contributed by atoms with Crippen LogP contribution < -0.4 is 0 Å². The zero-order chi connectivity index (χ0) is 14.0. The molecule has 0 saturated heterocycles. The number of aromatic nitrogens is 1. The average molecular weight is 339 g/mol. The molecular formula is C13H11BrN2O2S. The quantitative estimate of drug-likeness (QED) is 0.469. The number of halogens is 1. The molecule has 0 aliphatic rings. The number of pyridine rings is 1. The maximum atomic E-state index is 11.1. The minimum Gasteiger partial charge on any atom is -0.258 e. The van der Waals surface area contributed by atoms with Gasteiger partial charge in [0.05, 0.1) is 9.82 Å². The highest BCUT2D eigenvalue weighted by atomic mass is 79.9. The van der Waals surface area contributed by atoms with Crippen molar-refractivity contribution in [1.82, 2.24) is 4.98 Å². The van der Waals surface area contributed by atoms with Gasteiger partial charge >= 0.3 is 5.69 Å². The number of rotatable bonds is 3. The number of benzene rings is 1. The summed E-state index contributed by atoms with van der Waals surface area (Å²) in [5.41, 5.74) is 2.38. The molecule has 0 fully saturated rings. The molecule has 1 aromatic carbocycles. The van der Waals surface area contributed by atoms with E-state index in [1.807, 2.05) is 32.0 Å². The van der Waals surface area contributed by atoms with E-state index in [2.05, 4.69) is 20.9 Å². The Morgan fingerprint density at radius 3 is 2.63 bits per heavy atom. The molecule has 0 amide bonds. The molecule has 0 saturated carbocycles. The molecule has 4 nitrogen and oxygen atoms in total. The number of nitrogens with zero attached hydrogens (tertiary/aromatic N) is 2. The third kappa shape index (κ3) is 3.13. The lowest BCUT2D eigenvalue weighted by Crippen LogP contribution is -1.94. The Hall–Kier alpha value is -1.40. The van der Waals surface area contributed by atoms with Crippen molar-refractivity contribution >= 4 is 33.4 Å². The Morgan fingerprint density at radius 1 is 1.26 bits per heavy atom. The summed E-state index contributed by atoms with van der Waals surface area (Å²) in [6.07, 6.45) is 1.56. The number of aryl methyl sites for hydroxylation is 2. The highest BCUT2D eigenvalue weighted by Crippen LogP contribution is 2.38. The maximum absolute atomic E-state index is 11.1. The molecule has 0 radical (unpaired) electrons. The van der Waals surface area contributed by atoms with Crippen LogP contribution in [0.4, 0.5) is 5.69 Å². The van der Waals surface area contributed by atoms with Crippen LogP contribution in [0.15, 0.2) is 44.9 Å². The lowest BCUT2D eigenvalue weighted by Gasteiger charge is -2.06. The molecule has 0 N–H and O–H groups in total. The number of hydrogen-bond donors (Lipinski definition) is 0. The van der Waals surface area contributed by atoms with Gasteiger partial charge in [0, 0.05) is 11.1 Å². The zero-order valence-corrected chi connectivity index (χ0v) is 12.8. The van der Waals surface area contributed by atoms with Crippen molar-refractivity contribution in [3.63, 3.8) is 0 Å². The fraction of sp³-hybridized carbons (Fsp3) is 0.154. The summed E-state index contributed by atoms with van der Waals surface area (Å²) in [4.78, 5) is 16.1. The predicted molar refractivity (Wildman–Crippen MR) is 78.6 cm³/mol. The second kappa shape index (κ2) is 5.71. The van der Waals surface area contributed by atoms with Crippen LogP contribution in [0.2, 0.25) is 0 Å². The van der Waals surface area contributed by atoms with E-state index in [1.54, 1.807) is 12.3 Å². The van der Waals surface area contributed by atoms with E-state index >= 15 is 0 Å². The van der Waals surface area contributed by atoms with Crippen LogP contribution in [-0.4, -0.2) is 9.91 Å². The highest BCUT2D eigenvalue weighted by molar-refractivity contribution is 9.10. The standard InChI is InChI=1S/C13H11BrN2O2S/c1-8-3-4-10(7-9(8)2)19-11-5-6-15-13(14)12(11)16(17)18/h3-7H,1-2H3. The van der Waals surface area contributed by atoms with Crippen molar-refractivity contribution in [2.45, 2.75) is 23.6 Å². The minimum absolute atomic E-state index is 0.00530. The Kier molecular flexibility index (Phi) is 4.21. The first-order valence-corrected chi connectivity index (χ1v) is 7.14. The van der Waals surface area contributed by atoms with Gasteiger partial charge in [0.1, 0.15) is 0 Å². The molecule has 1 aromatic heterocycles. The van der Waals surface area contributed by atoms with Gasteiger partial charge in [-0.2, -0.15) is 0 Å². The molecule has 1 heterocycles. The molecular weight excluding hydrogens is 328 g/mol. The predicted octanol–water partition coefficient (Wildman–Crippen LogP) is 4.52. The van der Waals surface area contributed by atoms with Gasteiger partial charge in [-0.05, 0) is 59.1 Å². The Bertz CT molecular complexity index is 647. The van der Waals surface area contributed by atoms with Crippen molar-refractivity contribution < 1.29 is 4.92 Å². The molecule has 2 aromatic rings. The lowest BCUT2D eigenvalue weighted by molar-refractivity contribution is -0.389. The Balaban J connectivity index is 2.40. The van der Waals surface area contributed by atoms with Gasteiger partial charge in [0.2, 0.25) is 0 Å². The van der Waals surface area contributed by atoms with Crippen LogP contribution >= 0.6 is 27.7 Å². The number of hydrogen-bond acceptors (Lipinski definition) is 4. The molecule has 0 aliphatic heterocycles. The maximum Gasteiger partial charge on any atom is 0.315 e. The fourth-order valence-electron chi connectivity index (χ4n) is 1.56. The van der Waals surface area contributed by atoms with Crippen LogP contribution in [0, 0.1) is 24.0 Å². The fourth-order valence-corrected chi connectivity index (χ4v) is 3.19. The molecule has 0 aliphatic carbocycles. The van der Waals surface area contributed by atoms with E-state index < -0.39 is 4.92 Å². The van der Waals surface area contributed by atoms with Gasteiger partial charge in [-0.25, -0.2) is 4.98 Å². The summed E-state index contributed by atoms with van der Waals surface area (Å²) < 4.78 is 0.256. The van der Waals surface area contributed by atoms with E-state index in [9.17, 15) is 10.1 Å². The topological polar surface area (TPSA) is 56.0 Å². The summed E-state index contributed by atoms with van der Waals surface area (Å²) in [6.45, 7) is 4.06. The lowest BCUT2D eigenvalue weighted by atomic mass is 10.1. The highest BCUT2D eigenvalue weighted by Gasteiger charge is 2.20. The third-order valence-corrected chi connectivity index (χ3v) is 4.35. The third-order valence-electron chi connectivity index (χ3n) is 2.73. The molecule has 98 valence electrons. The van der Waals surface area contributed by atoms with Crippen molar-refractivity contribution in [2.75, 3.05) is 0 Å². The Labute approximate surface area is 123 Å². The van der Waals surface area contributed by atoms with Gasteiger partial charge in [0.25, 0.3) is 0 Å². The zero-order valence-electron chi connectivity index (χ0n) is 10.4. The molecule has 2 rings (SSSR count). The molecule has 0 atom stereocenters. The first-order valence-electron chi connectivity index (χ1n) is 5.53. The summed E-state index contributed by atoms with van der Waals surface area (Å²) >= 11 is 4.49. The van der Waals surface area contributed by atoms with Crippen LogP contribution in [0.1, 0.15) is 11.1 Å². The van der Waals surface area contributed by atoms with Gasteiger partial charge in [-0.1, -0.05) is 17.8 Å². The van der Waals surface area contributed by atoms with E-state index in [1.165, 1.54) is 22.9 Å². The van der Waals surface area contributed by atoms with Crippen LogP contribution in [-0.2, 0) is 0 Å². The SMILES string of the molecule is Cc1ccc(Sc2ccnc(Br)c2[N+](=O)[O-])cc1C. The molecule has 19 heavy (non-hydrogen) atoms. The van der Waals surface area contributed by atoms with E-state index in [4.69, 9.17) is 0 Å². The summed E-state index contributed by atoms with van der Waals surface area (Å²) in [6, 6.07) is 7.66. The van der Waals surface area contributed by atoms with Crippen molar-refractivity contribution in [3.8, 4) is 0 Å². The van der Waals surface area contributed by atoms with Crippen LogP contribution in [0.5, 0.6) is 0 Å². The molecule has 0 spiro atoms. The first kappa shape index (κ1) is 14.0. The second-order valence-electron chi connectivity index (χ2n) is 4.05. The average Bonchev–Trinajstić information content (AvgIpc) is 2.33. The molecule has 0 bridgehead atoms.